The number of urea groups is 1. The van der Waals surface area contributed by atoms with Gasteiger partial charge < -0.3 is 14.8 Å². The monoisotopic (exact) mass is 360 g/mol. The highest BCUT2D eigenvalue weighted by atomic mass is 19.2. The van der Waals surface area contributed by atoms with Gasteiger partial charge in [-0.3, -0.25) is 9.69 Å². The van der Waals surface area contributed by atoms with E-state index in [2.05, 4.69) is 5.32 Å². The molecule has 1 unspecified atom stereocenters. The van der Waals surface area contributed by atoms with Gasteiger partial charge in [-0.05, 0) is 30.7 Å². The van der Waals surface area contributed by atoms with Gasteiger partial charge in [0.2, 0.25) is 6.79 Å². The van der Waals surface area contributed by atoms with E-state index in [1.165, 1.54) is 12.1 Å². The normalized spacial score (nSPS) is 21.3. The molecule has 1 atom stereocenters. The first-order chi connectivity index (χ1) is 12.4. The van der Waals surface area contributed by atoms with Gasteiger partial charge in [0.15, 0.2) is 23.1 Å². The molecule has 3 amide bonds. The number of halogens is 2. The zero-order valence-electron chi connectivity index (χ0n) is 13.7. The SMILES string of the molecule is CC1(c2ccc3c(c2)OCO3)NC(=O)N(Cc2cccc(F)c2F)C1=O. The highest BCUT2D eigenvalue weighted by Crippen LogP contribution is 2.38. The molecule has 6 nitrogen and oxygen atoms in total. The van der Waals surface area contributed by atoms with Gasteiger partial charge in [0, 0.05) is 5.56 Å². The summed E-state index contributed by atoms with van der Waals surface area (Å²) in [5.74, 6) is -1.66. The average molecular weight is 360 g/mol. The van der Waals surface area contributed by atoms with Gasteiger partial charge >= 0.3 is 6.03 Å². The Morgan fingerprint density at radius 2 is 1.92 bits per heavy atom. The van der Waals surface area contributed by atoms with E-state index in [0.29, 0.717) is 17.1 Å². The van der Waals surface area contributed by atoms with Crippen LogP contribution in [0.15, 0.2) is 36.4 Å². The van der Waals surface area contributed by atoms with Gasteiger partial charge in [-0.1, -0.05) is 18.2 Å². The lowest BCUT2D eigenvalue weighted by atomic mass is 9.91. The molecule has 0 radical (unpaired) electrons. The van der Waals surface area contributed by atoms with E-state index in [9.17, 15) is 18.4 Å². The molecule has 0 saturated carbocycles. The molecule has 8 heteroatoms. The molecule has 2 aliphatic heterocycles. The predicted octanol–water partition coefficient (Wildman–Crippen LogP) is 2.66. The number of carbonyl (C=O) groups is 2. The highest BCUT2D eigenvalue weighted by molar-refractivity contribution is 6.07. The maximum Gasteiger partial charge on any atom is 0.325 e. The summed E-state index contributed by atoms with van der Waals surface area (Å²) in [6, 6.07) is 7.86. The van der Waals surface area contributed by atoms with Crippen LogP contribution >= 0.6 is 0 Å². The van der Waals surface area contributed by atoms with Crippen molar-refractivity contribution in [2.45, 2.75) is 19.0 Å². The molecule has 0 spiro atoms. The first-order valence-corrected chi connectivity index (χ1v) is 7.87. The lowest BCUT2D eigenvalue weighted by Crippen LogP contribution is -2.40. The van der Waals surface area contributed by atoms with E-state index in [0.717, 1.165) is 11.0 Å². The number of carbonyl (C=O) groups excluding carboxylic acids is 2. The van der Waals surface area contributed by atoms with E-state index in [-0.39, 0.29) is 18.9 Å². The number of ether oxygens (including phenoxy) is 2. The molecule has 0 aromatic heterocycles. The van der Waals surface area contributed by atoms with Gasteiger partial charge in [-0.25, -0.2) is 13.6 Å². The molecule has 26 heavy (non-hydrogen) atoms. The smallest absolute Gasteiger partial charge is 0.325 e. The molecule has 0 aliphatic carbocycles. The summed E-state index contributed by atoms with van der Waals surface area (Å²) in [7, 11) is 0. The van der Waals surface area contributed by atoms with Gasteiger partial charge in [0.25, 0.3) is 5.91 Å². The van der Waals surface area contributed by atoms with Crippen LogP contribution in [0.4, 0.5) is 13.6 Å². The lowest BCUT2D eigenvalue weighted by molar-refractivity contribution is -0.131. The molecule has 1 saturated heterocycles. The number of nitrogens with one attached hydrogen (secondary N) is 1. The van der Waals surface area contributed by atoms with Crippen molar-refractivity contribution >= 4 is 11.9 Å². The molecule has 2 heterocycles. The summed E-state index contributed by atoms with van der Waals surface area (Å²) in [5, 5.41) is 2.62. The molecule has 4 rings (SSSR count). The van der Waals surface area contributed by atoms with E-state index >= 15 is 0 Å². The Balaban J connectivity index is 1.65. The Hall–Kier alpha value is -3.16. The first kappa shape index (κ1) is 16.3. The second-order valence-corrected chi connectivity index (χ2v) is 6.23. The number of nitrogens with zero attached hydrogens (tertiary/aromatic N) is 1. The fraction of sp³-hybridized carbons (Fsp3) is 0.222. The van der Waals surface area contributed by atoms with Gasteiger partial charge in [-0.15, -0.1) is 0 Å². The van der Waals surface area contributed by atoms with Crippen LogP contribution in [0.1, 0.15) is 18.1 Å². The number of amides is 3. The minimum atomic E-state index is -1.35. The van der Waals surface area contributed by atoms with Crippen molar-refractivity contribution in [1.82, 2.24) is 10.2 Å². The molecule has 2 aromatic carbocycles. The van der Waals surface area contributed by atoms with Crippen molar-refractivity contribution in [2.75, 3.05) is 6.79 Å². The number of hydrogen-bond donors (Lipinski definition) is 1. The summed E-state index contributed by atoms with van der Waals surface area (Å²) in [4.78, 5) is 26.1. The Morgan fingerprint density at radius 3 is 2.73 bits per heavy atom. The van der Waals surface area contributed by atoms with Crippen LogP contribution in [-0.4, -0.2) is 23.6 Å². The van der Waals surface area contributed by atoms with Crippen LogP contribution in [0, 0.1) is 11.6 Å². The van der Waals surface area contributed by atoms with Crippen molar-refractivity contribution in [3.63, 3.8) is 0 Å². The first-order valence-electron chi connectivity index (χ1n) is 7.87. The highest BCUT2D eigenvalue weighted by Gasteiger charge is 2.49. The molecule has 2 aromatic rings. The van der Waals surface area contributed by atoms with Crippen LogP contribution in [-0.2, 0) is 16.9 Å². The Kier molecular flexibility index (Phi) is 3.57. The maximum atomic E-state index is 13.9. The number of hydrogen-bond acceptors (Lipinski definition) is 4. The topological polar surface area (TPSA) is 67.9 Å². The van der Waals surface area contributed by atoms with Crippen LogP contribution in [0.3, 0.4) is 0 Å². The lowest BCUT2D eigenvalue weighted by Gasteiger charge is -2.22. The largest absolute Gasteiger partial charge is 0.454 e. The molecule has 1 N–H and O–H groups in total. The van der Waals surface area contributed by atoms with Crippen molar-refractivity contribution < 1.29 is 27.8 Å². The summed E-state index contributed by atoms with van der Waals surface area (Å²) >= 11 is 0. The zero-order valence-corrected chi connectivity index (χ0v) is 13.7. The van der Waals surface area contributed by atoms with Gasteiger partial charge in [-0.2, -0.15) is 0 Å². The van der Waals surface area contributed by atoms with E-state index < -0.39 is 29.1 Å². The molecule has 0 bridgehead atoms. The number of imide groups is 1. The number of fused-ring (bicyclic) bond motifs is 1. The Bertz CT molecular complexity index is 933. The van der Waals surface area contributed by atoms with Gasteiger partial charge in [0.1, 0.15) is 5.54 Å². The quantitative estimate of drug-likeness (QED) is 0.855. The molecule has 2 aliphatic rings. The number of rotatable bonds is 3. The van der Waals surface area contributed by atoms with Crippen LogP contribution < -0.4 is 14.8 Å². The van der Waals surface area contributed by atoms with Crippen molar-refractivity contribution in [3.05, 3.63) is 59.2 Å². The predicted molar refractivity (Wildman–Crippen MR) is 85.4 cm³/mol. The van der Waals surface area contributed by atoms with Crippen LogP contribution in [0.25, 0.3) is 0 Å². The van der Waals surface area contributed by atoms with E-state index in [4.69, 9.17) is 9.47 Å². The second-order valence-electron chi connectivity index (χ2n) is 6.23. The van der Waals surface area contributed by atoms with Crippen LogP contribution in [0.2, 0.25) is 0 Å². The minimum Gasteiger partial charge on any atom is -0.454 e. The van der Waals surface area contributed by atoms with Crippen LogP contribution in [0.5, 0.6) is 11.5 Å². The summed E-state index contributed by atoms with van der Waals surface area (Å²) < 4.78 is 37.8. The molecule has 1 fully saturated rings. The third-order valence-corrected chi connectivity index (χ3v) is 4.58. The Labute approximate surface area is 147 Å². The van der Waals surface area contributed by atoms with E-state index in [1.807, 2.05) is 0 Å². The molecular formula is C18H14F2N2O4. The third kappa shape index (κ3) is 2.37. The van der Waals surface area contributed by atoms with Gasteiger partial charge in [0.05, 0.1) is 6.54 Å². The Morgan fingerprint density at radius 1 is 1.15 bits per heavy atom. The summed E-state index contributed by atoms with van der Waals surface area (Å²) in [6.45, 7) is 1.27. The van der Waals surface area contributed by atoms with Crippen molar-refractivity contribution in [3.8, 4) is 11.5 Å². The summed E-state index contributed by atoms with van der Waals surface area (Å²) in [6.07, 6.45) is 0. The molecular weight excluding hydrogens is 346 g/mol. The van der Waals surface area contributed by atoms with E-state index in [1.54, 1.807) is 25.1 Å². The molecule has 134 valence electrons. The number of benzene rings is 2. The minimum absolute atomic E-state index is 0.0802. The van der Waals surface area contributed by atoms with Crippen molar-refractivity contribution in [1.29, 1.82) is 0 Å². The fourth-order valence-corrected chi connectivity index (χ4v) is 3.08. The average Bonchev–Trinajstić information content (AvgIpc) is 3.17. The summed E-state index contributed by atoms with van der Waals surface area (Å²) in [5.41, 5.74) is -0.923. The zero-order chi connectivity index (χ0) is 18.5. The van der Waals surface area contributed by atoms with Crippen molar-refractivity contribution in [2.24, 2.45) is 0 Å². The second kappa shape index (κ2) is 5.69. The third-order valence-electron chi connectivity index (χ3n) is 4.58. The fourth-order valence-electron chi connectivity index (χ4n) is 3.08. The standard InChI is InChI=1S/C18H14F2N2O4/c1-18(11-5-6-13-14(7-11)26-9-25-13)16(23)22(17(24)21-18)8-10-3-2-4-12(19)15(10)20/h2-7H,8-9H2,1H3,(H,21,24). The maximum absolute atomic E-state index is 13.9.